The summed E-state index contributed by atoms with van der Waals surface area (Å²) in [5.74, 6) is 7.55. The molecule has 0 aromatic heterocycles. The summed E-state index contributed by atoms with van der Waals surface area (Å²) in [6, 6.07) is 24.3. The average Bonchev–Trinajstić information content (AvgIpc) is 3.44. The number of benzene rings is 6. The van der Waals surface area contributed by atoms with Crippen LogP contribution in [0.4, 0.5) is 0 Å². The van der Waals surface area contributed by atoms with Gasteiger partial charge in [-0.15, -0.1) is 47.5 Å². The van der Waals surface area contributed by atoms with Gasteiger partial charge >= 0.3 is 56.5 Å². The summed E-state index contributed by atoms with van der Waals surface area (Å²) >= 11 is 13.7. The Hall–Kier alpha value is -1.66. The van der Waals surface area contributed by atoms with Crippen LogP contribution >= 0.6 is 122 Å². The third kappa shape index (κ3) is 20.0. The minimum absolute atomic E-state index is 0. The zero-order chi connectivity index (χ0) is 55.6. The van der Waals surface area contributed by atoms with E-state index in [1.165, 1.54) is 34.6 Å². The number of fused-ring (bicyclic) bond motifs is 3. The third-order valence-corrected chi connectivity index (χ3v) is 15.7. The number of halogens is 6. The van der Waals surface area contributed by atoms with Gasteiger partial charge < -0.3 is 33.2 Å². The van der Waals surface area contributed by atoms with Gasteiger partial charge in [0.25, 0.3) is 0 Å². The molecule has 0 radical (unpaired) electrons. The molecule has 1 saturated heterocycles. The van der Waals surface area contributed by atoms with Gasteiger partial charge in [-0.3, -0.25) is 4.79 Å². The van der Waals surface area contributed by atoms with Crippen LogP contribution in [0.15, 0.2) is 108 Å². The average molecular weight is 1770 g/mol. The molecule has 0 N–H and O–H groups in total. The van der Waals surface area contributed by atoms with Crippen molar-refractivity contribution in [1.82, 2.24) is 0 Å². The predicted molar refractivity (Wildman–Crippen MR) is 372 cm³/mol. The fraction of sp³-hybridized carbons (Fsp3) is 0.367. The molecule has 1 aliphatic rings. The number of carbonyl (C=O) groups excluding carboxylic acids is 2. The van der Waals surface area contributed by atoms with Gasteiger partial charge in [-0.1, -0.05) is 104 Å². The number of methoxy groups -OCH3 is 6. The van der Waals surface area contributed by atoms with Gasteiger partial charge in [0, 0.05) is 91.8 Å². The van der Waals surface area contributed by atoms with E-state index in [2.05, 4.69) is 136 Å². The Labute approximate surface area is 538 Å². The number of carbonyl (C=O) groups is 2. The zero-order valence-electron chi connectivity index (χ0n) is 45.6. The first-order chi connectivity index (χ1) is 36.3. The molecule has 9 nitrogen and oxygen atoms in total. The van der Waals surface area contributed by atoms with E-state index in [9.17, 15) is 9.59 Å². The number of aldehydes is 1. The Morgan fingerprint density at radius 2 is 0.870 bits per heavy atom. The van der Waals surface area contributed by atoms with Crippen LogP contribution in [0.1, 0.15) is 74.9 Å². The summed E-state index contributed by atoms with van der Waals surface area (Å²) < 4.78 is 39.7. The Morgan fingerprint density at radius 3 is 1.17 bits per heavy atom. The summed E-state index contributed by atoms with van der Waals surface area (Å²) in [5, 5.41) is 6.31. The summed E-state index contributed by atoms with van der Waals surface area (Å²) in [5.41, 5.74) is 9.28. The molecule has 77 heavy (non-hydrogen) atoms. The molecule has 0 saturated carbocycles. The molecule has 0 aliphatic carbocycles. The van der Waals surface area contributed by atoms with Crippen molar-refractivity contribution in [2.24, 2.45) is 0 Å². The van der Waals surface area contributed by atoms with Crippen LogP contribution in [0.2, 0.25) is 0 Å². The van der Waals surface area contributed by atoms with Gasteiger partial charge in [-0.2, -0.15) is 0 Å². The van der Waals surface area contributed by atoms with Gasteiger partial charge in [-0.25, -0.2) is 4.79 Å². The standard InChI is InChI=1S/C21H26O2S2.C20H24O4.C18H20O3.CH4.I3.I2.HI/c1-14(21-24-12-7-13-25-21)10-11-16-15(2)19(22-3)17-8-5-6-9-18(17)20(16)23-4;1-6-24-20(21)13(2)11-12-15-14(3)18(22-4)16-9-7-8-10-17(16)19(15)23-5;1-12(11-19)9-10-14-13(2)17(20-3)15-7-5-6-8-16(15)18(14)21-4;;1-3-2;1-2;/h5-6,8-10,21H,7,11-13H2,1-4H3;7-11H,6,12H2,1-5H3;5-9,11H,10H2,1-4H3;1H4;;;1H/q;;;;-1;;/b14-10+;13-11+;12-9+;;;;. The van der Waals surface area contributed by atoms with E-state index in [-0.39, 0.29) is 37.4 Å². The van der Waals surface area contributed by atoms with E-state index >= 15 is 0 Å². The van der Waals surface area contributed by atoms with E-state index in [0.29, 0.717) is 48.4 Å². The van der Waals surface area contributed by atoms with E-state index in [0.717, 1.165) is 102 Å². The second-order valence-corrected chi connectivity index (χ2v) is 35.8. The Morgan fingerprint density at radius 1 is 0.571 bits per heavy atom. The van der Waals surface area contributed by atoms with Crippen molar-refractivity contribution in [3.63, 3.8) is 0 Å². The number of hydrogen-bond acceptors (Lipinski definition) is 11. The summed E-state index contributed by atoms with van der Waals surface area (Å²) in [7, 11) is 10.2. The fourth-order valence-corrected chi connectivity index (χ4v) is 11.8. The molecular weight excluding hydrogens is 1690 g/mol. The van der Waals surface area contributed by atoms with Crippen molar-refractivity contribution in [3.05, 3.63) is 141 Å². The Kier molecular flexibility index (Phi) is 37.8. The van der Waals surface area contributed by atoms with Crippen molar-refractivity contribution in [2.75, 3.05) is 60.8 Å². The topological polar surface area (TPSA) is 98.8 Å². The summed E-state index contributed by atoms with van der Waals surface area (Å²) in [6.07, 6.45) is 10.4. The van der Waals surface area contributed by atoms with Crippen molar-refractivity contribution in [2.45, 2.75) is 86.2 Å². The van der Waals surface area contributed by atoms with Crippen LogP contribution in [0.25, 0.3) is 32.3 Å². The van der Waals surface area contributed by atoms with E-state index in [1.54, 1.807) is 63.4 Å². The van der Waals surface area contributed by atoms with E-state index in [4.69, 9.17) is 33.2 Å². The van der Waals surface area contributed by atoms with Crippen LogP contribution in [0.3, 0.4) is 0 Å². The first-order valence-corrected chi connectivity index (χ1v) is 45.0. The fourth-order valence-electron chi connectivity index (χ4n) is 8.88. The number of hydrogen-bond donors (Lipinski definition) is 0. The van der Waals surface area contributed by atoms with Gasteiger partial charge in [0.1, 0.15) is 40.8 Å². The summed E-state index contributed by atoms with van der Waals surface area (Å²) in [4.78, 5) is 22.6. The molecule has 0 bridgehead atoms. The number of allylic oxidation sites excluding steroid dienone is 4. The first kappa shape index (κ1) is 73.4. The van der Waals surface area contributed by atoms with Gasteiger partial charge in [0.05, 0.1) is 53.8 Å². The first-order valence-electron chi connectivity index (χ1n) is 24.0. The molecule has 6 aromatic carbocycles. The maximum atomic E-state index is 11.8. The third-order valence-electron chi connectivity index (χ3n) is 12.5. The summed E-state index contributed by atoms with van der Waals surface area (Å²) in [6.45, 7) is 14.2. The quantitative estimate of drug-likeness (QED) is 0.0305. The van der Waals surface area contributed by atoms with Crippen molar-refractivity contribution >= 4 is 167 Å². The van der Waals surface area contributed by atoms with Crippen LogP contribution in [-0.2, 0) is 33.6 Å². The van der Waals surface area contributed by atoms with Gasteiger partial charge in [0.2, 0.25) is 0 Å². The Bertz CT molecular complexity index is 2920. The molecule has 1 aliphatic heterocycles. The molecule has 1 fully saturated rings. The van der Waals surface area contributed by atoms with Gasteiger partial charge in [0.15, 0.2) is 0 Å². The monoisotopic (exact) mass is 1760 g/mol. The molecular formula is C60H75I6O9S2-. The van der Waals surface area contributed by atoms with Crippen LogP contribution in [0, 0.1) is 20.8 Å². The van der Waals surface area contributed by atoms with Crippen molar-refractivity contribution < 1.29 is 56.0 Å². The molecule has 424 valence electrons. The van der Waals surface area contributed by atoms with Crippen molar-refractivity contribution in [3.8, 4) is 34.5 Å². The zero-order valence-corrected chi connectivity index (χ0v) is 60.3. The van der Waals surface area contributed by atoms with E-state index in [1.807, 2.05) is 80.6 Å². The molecule has 17 heteroatoms. The van der Waals surface area contributed by atoms with Crippen molar-refractivity contribution in [1.29, 1.82) is 0 Å². The molecule has 0 spiro atoms. The number of rotatable bonds is 16. The van der Waals surface area contributed by atoms with E-state index < -0.39 is 0 Å². The number of esters is 1. The number of ether oxygens (including phenoxy) is 7. The molecule has 0 atom stereocenters. The predicted octanol–water partition coefficient (Wildman–Crippen LogP) is 15.7. The number of thioether (sulfide) groups is 2. The van der Waals surface area contributed by atoms with Crippen LogP contribution in [0.5, 0.6) is 34.5 Å². The van der Waals surface area contributed by atoms with Crippen LogP contribution < -0.4 is 41.7 Å². The van der Waals surface area contributed by atoms with Gasteiger partial charge in [-0.05, 0) is 108 Å². The molecule has 1 heterocycles. The second-order valence-electron chi connectivity index (χ2n) is 16.9. The normalized spacial score (nSPS) is 12.4. The molecule has 7 rings (SSSR count). The second kappa shape index (κ2) is 39.7. The minimum atomic E-state index is -0.290. The molecule has 6 aromatic rings. The van der Waals surface area contributed by atoms with Crippen LogP contribution in [-0.4, -0.2) is 77.6 Å². The SMILES string of the molecule is C.CCOC(=O)/C(C)=C/Cc1c(C)c(OC)c2ccccc2c1OC.COc1c(C)c(C/C=C(\C)C2SCCCS2)c(OC)c2ccccc12.COc1c(C)c(C/C=C(\C)C=O)c(OC)c2ccccc12.I.II.I[I-]I. The molecule has 0 unspecified atom stereocenters. The Balaban J connectivity index is 0.000000548. The maximum absolute atomic E-state index is 11.8. The molecule has 0 amide bonds.